The summed E-state index contributed by atoms with van der Waals surface area (Å²) in [5.74, 6) is 8.15. The Morgan fingerprint density at radius 1 is 1.26 bits per heavy atom. The Balaban J connectivity index is 0.000000371. The first-order valence-electron chi connectivity index (χ1n) is 10.9. The van der Waals surface area contributed by atoms with E-state index in [2.05, 4.69) is 30.7 Å². The number of carbonyl (C=O) groups excluding carboxylic acids is 1. The number of hydrogen-bond acceptors (Lipinski definition) is 8. The molecule has 1 aliphatic rings. The molecule has 2 atom stereocenters. The number of aldehydes is 1. The van der Waals surface area contributed by atoms with E-state index in [9.17, 15) is 18.0 Å². The fraction of sp³-hybridized carbons (Fsp3) is 0.364. The summed E-state index contributed by atoms with van der Waals surface area (Å²) < 4.78 is 41.8. The van der Waals surface area contributed by atoms with E-state index in [1.165, 1.54) is 19.3 Å². The van der Waals surface area contributed by atoms with Crippen molar-refractivity contribution in [3.8, 4) is 11.4 Å². The first-order valence-corrected chi connectivity index (χ1v) is 10.9. The van der Waals surface area contributed by atoms with Gasteiger partial charge in [-0.15, -0.1) is 0 Å². The third-order valence-electron chi connectivity index (χ3n) is 5.71. The number of H-pyrrole nitrogens is 1. The molecule has 13 heteroatoms. The third-order valence-corrected chi connectivity index (χ3v) is 5.71. The van der Waals surface area contributed by atoms with Crippen LogP contribution in [-0.4, -0.2) is 58.3 Å². The standard InChI is InChI=1S/C19H20F3N5.C3H8N4O/c1-23-11-3-2-4-12(7-11)26-19-16(22)9-25-18(27-19)14-8-24-17-13(14)5-10(20)6-15(17)21;1-7(5)3(2-8)6-4/h5-6,8-9,11-12,23-24H,2-4,7H2,1H3,(H,25,26,27);2H,4-5H2,1H3/b;6-3-/t11-,12+;/m1./s1. The maximum absolute atomic E-state index is 14.3. The first kappa shape index (κ1) is 25.9. The molecule has 4 rings (SSSR count). The molecule has 188 valence electrons. The molecule has 1 aliphatic carbocycles. The van der Waals surface area contributed by atoms with Gasteiger partial charge in [0, 0.05) is 42.3 Å². The molecular weight excluding hydrogens is 463 g/mol. The largest absolute Gasteiger partial charge is 0.365 e. The van der Waals surface area contributed by atoms with Gasteiger partial charge >= 0.3 is 0 Å². The highest BCUT2D eigenvalue weighted by Gasteiger charge is 2.23. The van der Waals surface area contributed by atoms with E-state index in [1.807, 2.05) is 7.05 Å². The van der Waals surface area contributed by atoms with E-state index in [-0.39, 0.29) is 29.0 Å². The number of rotatable bonds is 5. The average molecular weight is 492 g/mol. The maximum atomic E-state index is 14.3. The van der Waals surface area contributed by atoms with Gasteiger partial charge in [0.15, 0.2) is 23.7 Å². The van der Waals surface area contributed by atoms with Crippen LogP contribution >= 0.6 is 0 Å². The molecule has 10 nitrogen and oxygen atoms in total. The Morgan fingerprint density at radius 3 is 2.63 bits per heavy atom. The molecule has 7 N–H and O–H groups in total. The lowest BCUT2D eigenvalue weighted by molar-refractivity contribution is -0.103. The minimum atomic E-state index is -0.697. The van der Waals surface area contributed by atoms with Crippen molar-refractivity contribution < 1.29 is 18.0 Å². The van der Waals surface area contributed by atoms with Gasteiger partial charge in [0.05, 0.1) is 11.7 Å². The molecule has 0 radical (unpaired) electrons. The second-order valence-electron chi connectivity index (χ2n) is 8.11. The number of nitrogens with two attached hydrogens (primary N) is 2. The highest BCUT2D eigenvalue weighted by molar-refractivity contribution is 6.26. The SMILES string of the molecule is CN(N)/C(C=O)=N\N.CN[C@@H]1CCC[C@H](Nc2nc(-c3c[nH]c4c(F)cc(F)cc34)ncc2F)C1. The van der Waals surface area contributed by atoms with Crippen LogP contribution in [0.25, 0.3) is 22.3 Å². The van der Waals surface area contributed by atoms with Crippen LogP contribution in [0.5, 0.6) is 0 Å². The number of fused-ring (bicyclic) bond motifs is 1. The number of anilines is 1. The molecule has 35 heavy (non-hydrogen) atoms. The zero-order valence-corrected chi connectivity index (χ0v) is 19.4. The van der Waals surface area contributed by atoms with Crippen molar-refractivity contribution in [2.45, 2.75) is 37.8 Å². The maximum Gasteiger partial charge on any atom is 0.202 e. The van der Waals surface area contributed by atoms with Crippen LogP contribution in [-0.2, 0) is 4.79 Å². The molecule has 0 spiro atoms. The summed E-state index contributed by atoms with van der Waals surface area (Å²) in [4.78, 5) is 20.9. The number of halogens is 3. The molecule has 1 aromatic carbocycles. The number of hydrazine groups is 1. The van der Waals surface area contributed by atoms with Crippen LogP contribution in [0, 0.1) is 17.5 Å². The van der Waals surface area contributed by atoms with E-state index in [4.69, 9.17) is 11.7 Å². The number of nitrogens with zero attached hydrogens (tertiary/aromatic N) is 4. The molecule has 0 amide bonds. The highest BCUT2D eigenvalue weighted by Crippen LogP contribution is 2.30. The van der Waals surface area contributed by atoms with Gasteiger partial charge in [-0.1, -0.05) is 0 Å². The van der Waals surface area contributed by atoms with Crippen LogP contribution in [0.2, 0.25) is 0 Å². The lowest BCUT2D eigenvalue weighted by Gasteiger charge is -2.29. The number of hydrazone groups is 1. The molecule has 0 saturated heterocycles. The molecule has 2 aromatic heterocycles. The summed E-state index contributed by atoms with van der Waals surface area (Å²) in [5, 5.41) is 10.8. The van der Waals surface area contributed by atoms with Crippen molar-refractivity contribution >= 4 is 28.8 Å². The molecule has 2 heterocycles. The molecule has 3 aromatic rings. The van der Waals surface area contributed by atoms with Gasteiger partial charge < -0.3 is 21.5 Å². The zero-order valence-electron chi connectivity index (χ0n) is 19.4. The van der Waals surface area contributed by atoms with Crippen LogP contribution < -0.4 is 22.3 Å². The Labute approximate surface area is 200 Å². The second-order valence-corrected chi connectivity index (χ2v) is 8.11. The number of aromatic nitrogens is 3. The smallest absolute Gasteiger partial charge is 0.202 e. The minimum Gasteiger partial charge on any atom is -0.365 e. The number of nitrogens with one attached hydrogen (secondary N) is 3. The van der Waals surface area contributed by atoms with Gasteiger partial charge in [-0.2, -0.15) is 5.10 Å². The van der Waals surface area contributed by atoms with Crippen molar-refractivity contribution in [3.63, 3.8) is 0 Å². The molecule has 0 unspecified atom stereocenters. The molecule has 1 fully saturated rings. The van der Waals surface area contributed by atoms with E-state index >= 15 is 0 Å². The second kappa shape index (κ2) is 11.6. The van der Waals surface area contributed by atoms with Crippen molar-refractivity contribution in [2.75, 3.05) is 19.4 Å². The minimum absolute atomic E-state index is 0.0185. The average Bonchev–Trinajstić information content (AvgIpc) is 3.26. The lowest BCUT2D eigenvalue weighted by atomic mass is 9.91. The molecule has 1 saturated carbocycles. The van der Waals surface area contributed by atoms with Crippen molar-refractivity contribution in [1.29, 1.82) is 0 Å². The number of carbonyl (C=O) groups is 1. The van der Waals surface area contributed by atoms with Crippen LogP contribution in [0.15, 0.2) is 29.6 Å². The Bertz CT molecular complexity index is 1200. The number of likely N-dealkylation sites (N-methyl/N-ethyl adjacent to an activating group) is 1. The highest BCUT2D eigenvalue weighted by atomic mass is 19.1. The summed E-state index contributed by atoms with van der Waals surface area (Å²) >= 11 is 0. The van der Waals surface area contributed by atoms with E-state index in [0.29, 0.717) is 23.3 Å². The lowest BCUT2D eigenvalue weighted by Crippen LogP contribution is -2.37. The number of hydrogen-bond donors (Lipinski definition) is 5. The van der Waals surface area contributed by atoms with Gasteiger partial charge in [0.2, 0.25) is 5.84 Å². The summed E-state index contributed by atoms with van der Waals surface area (Å²) in [6.07, 6.45) is 7.00. The fourth-order valence-corrected chi connectivity index (χ4v) is 3.92. The van der Waals surface area contributed by atoms with Gasteiger partial charge in [-0.05, 0) is 38.8 Å². The Hall–Kier alpha value is -3.71. The fourth-order valence-electron chi connectivity index (χ4n) is 3.92. The van der Waals surface area contributed by atoms with Gasteiger partial charge in [-0.3, -0.25) is 9.80 Å². The Morgan fingerprint density at radius 2 is 2.00 bits per heavy atom. The normalized spacial score (nSPS) is 18.1. The van der Waals surface area contributed by atoms with Gasteiger partial charge in [0.25, 0.3) is 0 Å². The third kappa shape index (κ3) is 6.25. The summed E-state index contributed by atoms with van der Waals surface area (Å²) in [6.45, 7) is 0. The van der Waals surface area contributed by atoms with Crippen LogP contribution in [0.4, 0.5) is 19.0 Å². The molecular formula is C22H28F3N9O. The summed E-state index contributed by atoms with van der Waals surface area (Å²) in [6, 6.07) is 2.51. The summed E-state index contributed by atoms with van der Waals surface area (Å²) in [5.41, 5.74) is 0.584. The van der Waals surface area contributed by atoms with Crippen LogP contribution in [0.3, 0.4) is 0 Å². The topological polar surface area (TPSA) is 150 Å². The predicted molar refractivity (Wildman–Crippen MR) is 128 cm³/mol. The number of benzene rings is 1. The Kier molecular flexibility index (Phi) is 8.60. The van der Waals surface area contributed by atoms with Gasteiger partial charge in [-0.25, -0.2) is 29.0 Å². The molecule has 0 bridgehead atoms. The number of amidine groups is 1. The van der Waals surface area contributed by atoms with Gasteiger partial charge in [0.1, 0.15) is 11.6 Å². The molecule has 0 aliphatic heterocycles. The monoisotopic (exact) mass is 491 g/mol. The van der Waals surface area contributed by atoms with Crippen molar-refractivity contribution in [1.82, 2.24) is 25.3 Å². The first-order chi connectivity index (χ1) is 16.8. The predicted octanol–water partition coefficient (Wildman–Crippen LogP) is 2.25. The number of aromatic amines is 1. The van der Waals surface area contributed by atoms with Crippen molar-refractivity contribution in [2.24, 2.45) is 16.8 Å². The van der Waals surface area contributed by atoms with E-state index in [1.54, 1.807) is 0 Å². The van der Waals surface area contributed by atoms with Crippen LogP contribution in [0.1, 0.15) is 25.7 Å². The van der Waals surface area contributed by atoms with E-state index < -0.39 is 17.5 Å². The summed E-state index contributed by atoms with van der Waals surface area (Å²) in [7, 11) is 3.39. The zero-order chi connectivity index (χ0) is 25.5. The van der Waals surface area contributed by atoms with Crippen molar-refractivity contribution in [3.05, 3.63) is 42.0 Å². The quantitative estimate of drug-likeness (QED) is 0.120. The van der Waals surface area contributed by atoms with E-state index in [0.717, 1.165) is 43.0 Å².